The Morgan fingerprint density at radius 1 is 1.31 bits per heavy atom. The Morgan fingerprint density at radius 3 is 2.69 bits per heavy atom. The first-order chi connectivity index (χ1) is 7.70. The largest absolute Gasteiger partial charge is 0.495 e. The maximum atomic E-state index is 5.60. The number of rotatable bonds is 3. The monoisotopic (exact) mass is 236 g/mol. The molecule has 1 aromatic rings. The van der Waals surface area contributed by atoms with E-state index in [4.69, 9.17) is 16.3 Å². The third kappa shape index (κ3) is 3.18. The van der Waals surface area contributed by atoms with Gasteiger partial charge in [0, 0.05) is 12.3 Å². The maximum Gasteiger partial charge on any atom is 0.137 e. The van der Waals surface area contributed by atoms with Gasteiger partial charge in [-0.15, -0.1) is 11.6 Å². The van der Waals surface area contributed by atoms with Crippen LogP contribution in [0.3, 0.4) is 0 Å². The van der Waals surface area contributed by atoms with Crippen molar-refractivity contribution in [1.82, 2.24) is 0 Å². The fourth-order valence-electron chi connectivity index (χ4n) is 1.46. The van der Waals surface area contributed by atoms with E-state index in [9.17, 15) is 0 Å². The van der Waals surface area contributed by atoms with Crippen molar-refractivity contribution < 1.29 is 4.74 Å². The molecule has 0 spiro atoms. The van der Waals surface area contributed by atoms with E-state index in [2.05, 4.69) is 31.8 Å². The number of aryl methyl sites for hydroxylation is 1. The van der Waals surface area contributed by atoms with Crippen molar-refractivity contribution in [3.63, 3.8) is 0 Å². The lowest BCUT2D eigenvalue weighted by Gasteiger charge is -2.09. The number of hydrogen-bond acceptors (Lipinski definition) is 1. The van der Waals surface area contributed by atoms with Gasteiger partial charge in [-0.3, -0.25) is 0 Å². The highest BCUT2D eigenvalue weighted by Gasteiger charge is 2.05. The van der Waals surface area contributed by atoms with Crippen LogP contribution in [0.15, 0.2) is 12.1 Å². The molecule has 0 aliphatic carbocycles. The van der Waals surface area contributed by atoms with Gasteiger partial charge < -0.3 is 4.74 Å². The number of alkyl halides is 1. The van der Waals surface area contributed by atoms with Gasteiger partial charge in [-0.05, 0) is 37.5 Å². The van der Waals surface area contributed by atoms with E-state index in [1.165, 1.54) is 5.56 Å². The third-order valence-corrected chi connectivity index (χ3v) is 2.81. The van der Waals surface area contributed by atoms with Crippen LogP contribution in [-0.4, -0.2) is 13.0 Å². The maximum absolute atomic E-state index is 5.60. The smallest absolute Gasteiger partial charge is 0.137 e. The van der Waals surface area contributed by atoms with Crippen molar-refractivity contribution in [1.29, 1.82) is 0 Å². The number of benzene rings is 1. The van der Waals surface area contributed by atoms with Crippen molar-refractivity contribution in [2.75, 3.05) is 13.0 Å². The van der Waals surface area contributed by atoms with Crippen molar-refractivity contribution in [2.24, 2.45) is 0 Å². The number of halogens is 1. The quantitative estimate of drug-likeness (QED) is 0.442. The Balaban J connectivity index is 2.94. The lowest BCUT2D eigenvalue weighted by Crippen LogP contribution is -1.93. The second-order valence-corrected chi connectivity index (χ2v) is 4.06. The summed E-state index contributed by atoms with van der Waals surface area (Å²) in [6, 6.07) is 4.08. The summed E-state index contributed by atoms with van der Waals surface area (Å²) in [7, 11) is 1.69. The SMILES string of the molecule is COc1c(C#CCCCCl)ccc(C)c1C. The third-order valence-electron chi connectivity index (χ3n) is 2.54. The van der Waals surface area contributed by atoms with Gasteiger partial charge in [-0.2, -0.15) is 0 Å². The molecule has 0 unspecified atom stereocenters. The summed E-state index contributed by atoms with van der Waals surface area (Å²) < 4.78 is 5.39. The average Bonchev–Trinajstić information content (AvgIpc) is 2.29. The number of unbranched alkanes of at least 4 members (excludes halogenated alkanes) is 1. The Labute approximate surface area is 103 Å². The zero-order valence-corrected chi connectivity index (χ0v) is 10.8. The molecule has 1 aromatic carbocycles. The highest BCUT2D eigenvalue weighted by Crippen LogP contribution is 2.25. The van der Waals surface area contributed by atoms with Crippen LogP contribution in [0.1, 0.15) is 29.5 Å². The molecule has 0 saturated heterocycles. The summed E-state index contributed by atoms with van der Waals surface area (Å²) in [5.41, 5.74) is 3.34. The molecular weight excluding hydrogens is 220 g/mol. The molecule has 2 heteroatoms. The van der Waals surface area contributed by atoms with Gasteiger partial charge in [0.1, 0.15) is 5.75 Å². The minimum absolute atomic E-state index is 0.665. The van der Waals surface area contributed by atoms with Crippen molar-refractivity contribution in [2.45, 2.75) is 26.7 Å². The minimum atomic E-state index is 0.665. The van der Waals surface area contributed by atoms with E-state index in [0.717, 1.165) is 29.7 Å². The topological polar surface area (TPSA) is 9.23 Å². The predicted molar refractivity (Wildman–Crippen MR) is 69.3 cm³/mol. The van der Waals surface area contributed by atoms with Crippen molar-refractivity contribution in [3.05, 3.63) is 28.8 Å². The van der Waals surface area contributed by atoms with Gasteiger partial charge in [-0.1, -0.05) is 17.9 Å². The van der Waals surface area contributed by atoms with Crippen LogP contribution < -0.4 is 4.74 Å². The molecule has 1 rings (SSSR count). The van der Waals surface area contributed by atoms with Gasteiger partial charge in [-0.25, -0.2) is 0 Å². The van der Waals surface area contributed by atoms with Gasteiger partial charge in [0.15, 0.2) is 0 Å². The Kier molecular flexibility index (Phi) is 5.22. The molecule has 86 valence electrons. The van der Waals surface area contributed by atoms with Crippen LogP contribution in [0.25, 0.3) is 0 Å². The molecule has 0 N–H and O–H groups in total. The molecule has 0 heterocycles. The molecule has 0 aromatic heterocycles. The molecule has 0 amide bonds. The molecule has 0 bridgehead atoms. The minimum Gasteiger partial charge on any atom is -0.495 e. The molecule has 0 fully saturated rings. The summed E-state index contributed by atoms with van der Waals surface area (Å²) in [4.78, 5) is 0. The highest BCUT2D eigenvalue weighted by atomic mass is 35.5. The normalized spacial score (nSPS) is 9.50. The molecule has 0 atom stereocenters. The van der Waals surface area contributed by atoms with Crippen LogP contribution in [0.2, 0.25) is 0 Å². The highest BCUT2D eigenvalue weighted by molar-refractivity contribution is 6.17. The van der Waals surface area contributed by atoms with Gasteiger partial charge in [0.2, 0.25) is 0 Å². The molecule has 0 aliphatic heterocycles. The van der Waals surface area contributed by atoms with E-state index < -0.39 is 0 Å². The van der Waals surface area contributed by atoms with Crippen LogP contribution in [0.4, 0.5) is 0 Å². The predicted octanol–water partition coefficient (Wildman–Crippen LogP) is 3.68. The fraction of sp³-hybridized carbons (Fsp3) is 0.429. The van der Waals surface area contributed by atoms with Crippen LogP contribution in [0.5, 0.6) is 5.75 Å². The average molecular weight is 237 g/mol. The van der Waals surface area contributed by atoms with Crippen molar-refractivity contribution >= 4 is 11.6 Å². The first kappa shape index (κ1) is 12.9. The van der Waals surface area contributed by atoms with E-state index in [1.54, 1.807) is 7.11 Å². The second-order valence-electron chi connectivity index (χ2n) is 3.68. The molecule has 16 heavy (non-hydrogen) atoms. The summed E-state index contributed by atoms with van der Waals surface area (Å²) in [5, 5.41) is 0. The lowest BCUT2D eigenvalue weighted by atomic mass is 10.0. The van der Waals surface area contributed by atoms with Crippen LogP contribution in [-0.2, 0) is 0 Å². The molecular formula is C14H17ClO. The van der Waals surface area contributed by atoms with Crippen LogP contribution >= 0.6 is 11.6 Å². The zero-order valence-electron chi connectivity index (χ0n) is 10.1. The molecule has 1 nitrogen and oxygen atoms in total. The Hall–Kier alpha value is -1.13. The molecule has 0 radical (unpaired) electrons. The second kappa shape index (κ2) is 6.45. The van der Waals surface area contributed by atoms with E-state index in [0.29, 0.717) is 5.88 Å². The number of ether oxygens (including phenoxy) is 1. The molecule has 0 aliphatic rings. The summed E-state index contributed by atoms with van der Waals surface area (Å²) in [5.74, 6) is 7.80. The van der Waals surface area contributed by atoms with E-state index in [1.807, 2.05) is 6.07 Å². The zero-order chi connectivity index (χ0) is 12.0. The molecule has 0 saturated carbocycles. The number of hydrogen-bond donors (Lipinski definition) is 0. The number of methoxy groups -OCH3 is 1. The van der Waals surface area contributed by atoms with E-state index in [-0.39, 0.29) is 0 Å². The summed E-state index contributed by atoms with van der Waals surface area (Å²) >= 11 is 5.60. The van der Waals surface area contributed by atoms with Gasteiger partial charge >= 0.3 is 0 Å². The van der Waals surface area contributed by atoms with Crippen LogP contribution in [0, 0.1) is 25.7 Å². The van der Waals surface area contributed by atoms with Gasteiger partial charge in [0.05, 0.1) is 12.7 Å². The first-order valence-corrected chi connectivity index (χ1v) is 5.93. The van der Waals surface area contributed by atoms with Gasteiger partial charge in [0.25, 0.3) is 0 Å². The lowest BCUT2D eigenvalue weighted by molar-refractivity contribution is 0.410. The van der Waals surface area contributed by atoms with E-state index >= 15 is 0 Å². The fourth-order valence-corrected chi connectivity index (χ4v) is 1.60. The van der Waals surface area contributed by atoms with Crippen molar-refractivity contribution in [3.8, 4) is 17.6 Å². The standard InChI is InChI=1S/C14H17ClO/c1-11-8-9-13(7-5-4-6-10-15)14(16-3)12(11)2/h8-9H,4,6,10H2,1-3H3. The Morgan fingerprint density at radius 2 is 2.06 bits per heavy atom. The summed E-state index contributed by atoms with van der Waals surface area (Å²) in [6.45, 7) is 4.13. The Bertz CT molecular complexity index is 413. The first-order valence-electron chi connectivity index (χ1n) is 5.39. The summed E-state index contributed by atoms with van der Waals surface area (Å²) in [6.07, 6.45) is 1.77.